The molecule has 0 aliphatic heterocycles. The quantitative estimate of drug-likeness (QED) is 0.712. The van der Waals surface area contributed by atoms with Crippen LogP contribution in [0, 0.1) is 0 Å². The molecule has 0 bridgehead atoms. The predicted octanol–water partition coefficient (Wildman–Crippen LogP) is 3.42. The van der Waals surface area contributed by atoms with Crippen molar-refractivity contribution in [3.63, 3.8) is 0 Å². The van der Waals surface area contributed by atoms with Crippen molar-refractivity contribution in [1.82, 2.24) is 5.32 Å². The second-order valence-electron chi connectivity index (χ2n) is 5.14. The second-order valence-corrected chi connectivity index (χ2v) is 5.14. The van der Waals surface area contributed by atoms with E-state index >= 15 is 0 Å². The van der Waals surface area contributed by atoms with E-state index in [1.807, 2.05) is 7.05 Å². The summed E-state index contributed by atoms with van der Waals surface area (Å²) in [5.74, 6) is 0.953. The summed E-state index contributed by atoms with van der Waals surface area (Å²) < 4.78 is 11.2. The lowest BCUT2D eigenvalue weighted by molar-refractivity contribution is 0.146. The highest BCUT2D eigenvalue weighted by atomic mass is 16.5. The Morgan fingerprint density at radius 3 is 2.35 bits per heavy atom. The SMILES string of the molecule is CCCC(NC)C(CC)Oc1ccc(CCOC)cc1. The lowest BCUT2D eigenvalue weighted by Crippen LogP contribution is -2.40. The topological polar surface area (TPSA) is 30.5 Å². The second kappa shape index (κ2) is 9.78. The van der Waals surface area contributed by atoms with Gasteiger partial charge in [0.1, 0.15) is 11.9 Å². The maximum absolute atomic E-state index is 6.13. The van der Waals surface area contributed by atoms with E-state index in [2.05, 4.69) is 43.4 Å². The first-order valence-electron chi connectivity index (χ1n) is 7.66. The smallest absolute Gasteiger partial charge is 0.119 e. The van der Waals surface area contributed by atoms with E-state index in [-0.39, 0.29) is 6.10 Å². The third-order valence-electron chi connectivity index (χ3n) is 3.63. The highest BCUT2D eigenvalue weighted by Gasteiger charge is 2.19. The summed E-state index contributed by atoms with van der Waals surface area (Å²) in [7, 11) is 3.75. The number of hydrogen-bond acceptors (Lipinski definition) is 3. The number of rotatable bonds is 10. The molecule has 0 aromatic heterocycles. The van der Waals surface area contributed by atoms with E-state index in [0.29, 0.717) is 6.04 Å². The van der Waals surface area contributed by atoms with Gasteiger partial charge in [0.25, 0.3) is 0 Å². The summed E-state index contributed by atoms with van der Waals surface area (Å²) in [6.07, 6.45) is 4.49. The van der Waals surface area contributed by atoms with Crippen molar-refractivity contribution < 1.29 is 9.47 Å². The molecule has 0 aliphatic carbocycles. The molecule has 1 N–H and O–H groups in total. The van der Waals surface area contributed by atoms with Crippen LogP contribution in [0.5, 0.6) is 5.75 Å². The van der Waals surface area contributed by atoms with E-state index < -0.39 is 0 Å². The minimum Gasteiger partial charge on any atom is -0.489 e. The molecule has 0 saturated carbocycles. The normalized spacial score (nSPS) is 14.0. The Morgan fingerprint density at radius 1 is 1.15 bits per heavy atom. The van der Waals surface area contributed by atoms with Crippen LogP contribution in [0.15, 0.2) is 24.3 Å². The molecule has 0 aliphatic rings. The van der Waals surface area contributed by atoms with Crippen LogP contribution in [0.1, 0.15) is 38.7 Å². The Hall–Kier alpha value is -1.06. The molecule has 0 saturated heterocycles. The third-order valence-corrected chi connectivity index (χ3v) is 3.63. The molecule has 20 heavy (non-hydrogen) atoms. The zero-order chi connectivity index (χ0) is 14.8. The van der Waals surface area contributed by atoms with Crippen molar-refractivity contribution in [2.45, 2.75) is 51.7 Å². The van der Waals surface area contributed by atoms with Gasteiger partial charge in [-0.05, 0) is 44.0 Å². The van der Waals surface area contributed by atoms with Crippen LogP contribution < -0.4 is 10.1 Å². The summed E-state index contributed by atoms with van der Waals surface area (Å²) in [6.45, 7) is 5.15. The minimum absolute atomic E-state index is 0.227. The molecule has 0 amide bonds. The van der Waals surface area contributed by atoms with Gasteiger partial charge in [0.15, 0.2) is 0 Å². The van der Waals surface area contributed by atoms with Gasteiger partial charge in [-0.15, -0.1) is 0 Å². The molecule has 2 unspecified atom stereocenters. The van der Waals surface area contributed by atoms with Crippen LogP contribution in [0.25, 0.3) is 0 Å². The summed E-state index contributed by atoms with van der Waals surface area (Å²) in [5, 5.41) is 3.37. The maximum Gasteiger partial charge on any atom is 0.119 e. The minimum atomic E-state index is 0.227. The van der Waals surface area contributed by atoms with Gasteiger partial charge in [0.05, 0.1) is 6.61 Å². The van der Waals surface area contributed by atoms with Crippen molar-refractivity contribution in [1.29, 1.82) is 0 Å². The molecule has 1 aromatic carbocycles. The Labute approximate surface area is 123 Å². The van der Waals surface area contributed by atoms with Crippen LogP contribution in [-0.4, -0.2) is 32.9 Å². The largest absolute Gasteiger partial charge is 0.489 e. The first kappa shape index (κ1) is 17.0. The van der Waals surface area contributed by atoms with Crippen LogP contribution in [-0.2, 0) is 11.2 Å². The molecule has 0 spiro atoms. The Kier molecular flexibility index (Phi) is 8.31. The molecule has 3 nitrogen and oxygen atoms in total. The molecule has 0 heterocycles. The number of benzene rings is 1. The fourth-order valence-corrected chi connectivity index (χ4v) is 2.41. The molecule has 114 valence electrons. The van der Waals surface area contributed by atoms with Crippen molar-refractivity contribution in [3.8, 4) is 5.75 Å². The zero-order valence-electron chi connectivity index (χ0n) is 13.3. The molecule has 0 radical (unpaired) electrons. The van der Waals surface area contributed by atoms with Gasteiger partial charge in [-0.3, -0.25) is 0 Å². The number of likely N-dealkylation sites (N-methyl/N-ethyl adjacent to an activating group) is 1. The molecular formula is C17H29NO2. The summed E-state index contributed by atoms with van der Waals surface area (Å²) in [5.41, 5.74) is 1.28. The van der Waals surface area contributed by atoms with Gasteiger partial charge >= 0.3 is 0 Å². The van der Waals surface area contributed by atoms with Gasteiger partial charge in [-0.25, -0.2) is 0 Å². The van der Waals surface area contributed by atoms with Gasteiger partial charge in [-0.1, -0.05) is 32.4 Å². The molecule has 2 atom stereocenters. The molecular weight excluding hydrogens is 250 g/mol. The lowest BCUT2D eigenvalue weighted by atomic mass is 10.0. The highest BCUT2D eigenvalue weighted by Crippen LogP contribution is 2.18. The van der Waals surface area contributed by atoms with Crippen molar-refractivity contribution >= 4 is 0 Å². The van der Waals surface area contributed by atoms with E-state index in [0.717, 1.165) is 31.6 Å². The van der Waals surface area contributed by atoms with Crippen molar-refractivity contribution in [2.75, 3.05) is 20.8 Å². The molecule has 3 heteroatoms. The number of nitrogens with one attached hydrogen (secondary N) is 1. The van der Waals surface area contributed by atoms with E-state index in [1.165, 1.54) is 12.0 Å². The average molecular weight is 279 g/mol. The van der Waals surface area contributed by atoms with Gasteiger partial charge in [0, 0.05) is 13.2 Å². The van der Waals surface area contributed by atoms with Crippen LogP contribution in [0.4, 0.5) is 0 Å². The van der Waals surface area contributed by atoms with Gasteiger partial charge in [0.2, 0.25) is 0 Å². The van der Waals surface area contributed by atoms with Crippen LogP contribution in [0.2, 0.25) is 0 Å². The summed E-state index contributed by atoms with van der Waals surface area (Å²) in [6, 6.07) is 8.78. The van der Waals surface area contributed by atoms with Crippen molar-refractivity contribution in [3.05, 3.63) is 29.8 Å². The standard InChI is InChI=1S/C17H29NO2/c1-5-7-16(18-3)17(6-2)20-15-10-8-14(9-11-15)12-13-19-4/h8-11,16-18H,5-7,12-13H2,1-4H3. The number of ether oxygens (including phenoxy) is 2. The summed E-state index contributed by atoms with van der Waals surface area (Å²) >= 11 is 0. The fourth-order valence-electron chi connectivity index (χ4n) is 2.41. The third kappa shape index (κ3) is 5.51. The van der Waals surface area contributed by atoms with E-state index in [4.69, 9.17) is 9.47 Å². The highest BCUT2D eigenvalue weighted by molar-refractivity contribution is 5.27. The van der Waals surface area contributed by atoms with Crippen LogP contribution >= 0.6 is 0 Å². The lowest BCUT2D eigenvalue weighted by Gasteiger charge is -2.26. The maximum atomic E-state index is 6.13. The van der Waals surface area contributed by atoms with Crippen molar-refractivity contribution in [2.24, 2.45) is 0 Å². The molecule has 1 aromatic rings. The first-order valence-corrected chi connectivity index (χ1v) is 7.66. The number of methoxy groups -OCH3 is 1. The van der Waals surface area contributed by atoms with Crippen LogP contribution in [0.3, 0.4) is 0 Å². The molecule has 0 fully saturated rings. The Balaban J connectivity index is 2.60. The summed E-state index contributed by atoms with van der Waals surface area (Å²) in [4.78, 5) is 0. The van der Waals surface area contributed by atoms with Gasteiger partial charge < -0.3 is 14.8 Å². The average Bonchev–Trinajstić information content (AvgIpc) is 2.49. The Morgan fingerprint density at radius 2 is 1.85 bits per heavy atom. The van der Waals surface area contributed by atoms with E-state index in [1.54, 1.807) is 7.11 Å². The predicted molar refractivity (Wildman–Crippen MR) is 84.5 cm³/mol. The zero-order valence-corrected chi connectivity index (χ0v) is 13.3. The fraction of sp³-hybridized carbons (Fsp3) is 0.647. The first-order chi connectivity index (χ1) is 9.74. The Bertz CT molecular complexity index is 351. The monoisotopic (exact) mass is 279 g/mol. The number of hydrogen-bond donors (Lipinski definition) is 1. The molecule has 1 rings (SSSR count). The van der Waals surface area contributed by atoms with E-state index in [9.17, 15) is 0 Å². The van der Waals surface area contributed by atoms with Gasteiger partial charge in [-0.2, -0.15) is 0 Å².